The molecule has 0 fully saturated rings. The first-order valence-electron chi connectivity index (χ1n) is 6.71. The second-order valence-electron chi connectivity index (χ2n) is 4.75. The third kappa shape index (κ3) is 5.10. The van der Waals surface area contributed by atoms with Gasteiger partial charge in [-0.05, 0) is 24.3 Å². The van der Waals surface area contributed by atoms with E-state index < -0.39 is 22.6 Å². The normalized spacial score (nSPS) is 11.2. The Morgan fingerprint density at radius 3 is 2.56 bits per heavy atom. The highest BCUT2D eigenvalue weighted by molar-refractivity contribution is 8.00. The molecule has 25 heavy (non-hydrogen) atoms. The molecule has 5 nitrogen and oxygen atoms in total. The number of halogens is 4. The summed E-state index contributed by atoms with van der Waals surface area (Å²) < 4.78 is 38.1. The predicted molar refractivity (Wildman–Crippen MR) is 88.9 cm³/mol. The Bertz CT molecular complexity index is 815. The molecule has 0 aromatic heterocycles. The molecule has 0 bridgehead atoms. The Morgan fingerprint density at radius 2 is 1.92 bits per heavy atom. The van der Waals surface area contributed by atoms with Crippen molar-refractivity contribution in [1.82, 2.24) is 0 Å². The van der Waals surface area contributed by atoms with E-state index in [-0.39, 0.29) is 27.0 Å². The molecule has 132 valence electrons. The number of para-hydroxylation sites is 1. The molecule has 0 atom stereocenters. The molecule has 0 heterocycles. The Hall–Kier alpha value is -2.26. The lowest BCUT2D eigenvalue weighted by atomic mass is 10.2. The Labute approximate surface area is 149 Å². The van der Waals surface area contributed by atoms with Gasteiger partial charge in [0.15, 0.2) is 0 Å². The predicted octanol–water partition coefficient (Wildman–Crippen LogP) is 5.00. The SMILES string of the molecule is O=C(CSc1ccccc1[N+](=O)[O-])Nc1cc(C(F)(F)F)ccc1Cl. The number of hydrogen-bond donors (Lipinski definition) is 1. The zero-order chi connectivity index (χ0) is 18.6. The molecule has 0 saturated heterocycles. The maximum atomic E-state index is 12.7. The summed E-state index contributed by atoms with van der Waals surface area (Å²) in [5.74, 6) is -0.860. The van der Waals surface area contributed by atoms with Gasteiger partial charge in [-0.15, -0.1) is 11.8 Å². The minimum absolute atomic E-state index is 0.0444. The second-order valence-corrected chi connectivity index (χ2v) is 6.18. The highest BCUT2D eigenvalue weighted by Crippen LogP contribution is 2.34. The summed E-state index contributed by atoms with van der Waals surface area (Å²) in [6.07, 6.45) is -4.57. The number of carbonyl (C=O) groups excluding carboxylic acids is 1. The molecule has 0 radical (unpaired) electrons. The highest BCUT2D eigenvalue weighted by Gasteiger charge is 2.31. The van der Waals surface area contributed by atoms with Crippen molar-refractivity contribution >= 4 is 40.6 Å². The van der Waals surface area contributed by atoms with Gasteiger partial charge in [-0.2, -0.15) is 13.2 Å². The van der Waals surface area contributed by atoms with Crippen molar-refractivity contribution in [2.75, 3.05) is 11.1 Å². The molecule has 10 heteroatoms. The zero-order valence-electron chi connectivity index (χ0n) is 12.3. The first kappa shape index (κ1) is 19.1. The van der Waals surface area contributed by atoms with Gasteiger partial charge in [0.25, 0.3) is 5.69 Å². The van der Waals surface area contributed by atoms with E-state index >= 15 is 0 Å². The number of thioether (sulfide) groups is 1. The minimum atomic E-state index is -4.57. The van der Waals surface area contributed by atoms with E-state index in [1.54, 1.807) is 6.07 Å². The van der Waals surface area contributed by atoms with Crippen molar-refractivity contribution in [3.63, 3.8) is 0 Å². The molecule has 1 N–H and O–H groups in total. The van der Waals surface area contributed by atoms with Crippen LogP contribution in [0.15, 0.2) is 47.4 Å². The van der Waals surface area contributed by atoms with E-state index in [0.29, 0.717) is 0 Å². The van der Waals surface area contributed by atoms with Crippen LogP contribution in [0.5, 0.6) is 0 Å². The number of benzene rings is 2. The van der Waals surface area contributed by atoms with E-state index in [0.717, 1.165) is 30.0 Å². The average molecular weight is 391 g/mol. The molecule has 0 aliphatic carbocycles. The number of anilines is 1. The van der Waals surface area contributed by atoms with Crippen molar-refractivity contribution in [1.29, 1.82) is 0 Å². The lowest BCUT2D eigenvalue weighted by Crippen LogP contribution is -2.15. The average Bonchev–Trinajstić information content (AvgIpc) is 2.54. The van der Waals surface area contributed by atoms with Gasteiger partial charge in [0, 0.05) is 6.07 Å². The van der Waals surface area contributed by atoms with Crippen LogP contribution in [0.1, 0.15) is 5.56 Å². The number of alkyl halides is 3. The molecule has 1 amide bonds. The fourth-order valence-electron chi connectivity index (χ4n) is 1.86. The van der Waals surface area contributed by atoms with Gasteiger partial charge in [-0.1, -0.05) is 23.7 Å². The molecule has 0 aliphatic rings. The Kier molecular flexibility index (Phi) is 5.91. The van der Waals surface area contributed by atoms with Crippen LogP contribution in [-0.4, -0.2) is 16.6 Å². The third-order valence-electron chi connectivity index (χ3n) is 2.99. The Morgan fingerprint density at radius 1 is 1.24 bits per heavy atom. The van der Waals surface area contributed by atoms with Crippen molar-refractivity contribution in [2.24, 2.45) is 0 Å². The van der Waals surface area contributed by atoms with Crippen LogP contribution < -0.4 is 5.32 Å². The lowest BCUT2D eigenvalue weighted by Gasteiger charge is -2.11. The molecule has 0 spiro atoms. The quantitative estimate of drug-likeness (QED) is 0.443. The fraction of sp³-hybridized carbons (Fsp3) is 0.133. The fourth-order valence-corrected chi connectivity index (χ4v) is 2.85. The number of amides is 1. The van der Waals surface area contributed by atoms with E-state index in [9.17, 15) is 28.1 Å². The van der Waals surface area contributed by atoms with Crippen molar-refractivity contribution in [2.45, 2.75) is 11.1 Å². The van der Waals surface area contributed by atoms with Crippen molar-refractivity contribution in [3.05, 3.63) is 63.2 Å². The second kappa shape index (κ2) is 7.75. The molecular formula is C15H10ClF3N2O3S. The van der Waals surface area contributed by atoms with E-state index in [4.69, 9.17) is 11.6 Å². The number of nitrogens with zero attached hydrogens (tertiary/aromatic N) is 1. The largest absolute Gasteiger partial charge is 0.416 e. The minimum Gasteiger partial charge on any atom is -0.324 e. The van der Waals surface area contributed by atoms with Crippen LogP contribution in [-0.2, 0) is 11.0 Å². The maximum Gasteiger partial charge on any atom is 0.416 e. The molecule has 2 aromatic rings. The number of carbonyl (C=O) groups is 1. The van der Waals surface area contributed by atoms with Crippen LogP contribution >= 0.6 is 23.4 Å². The highest BCUT2D eigenvalue weighted by atomic mass is 35.5. The van der Waals surface area contributed by atoms with Crippen LogP contribution in [0.25, 0.3) is 0 Å². The number of hydrogen-bond acceptors (Lipinski definition) is 4. The van der Waals surface area contributed by atoms with Gasteiger partial charge in [0.05, 0.1) is 31.8 Å². The summed E-state index contributed by atoms with van der Waals surface area (Å²) in [5.41, 5.74) is -1.28. The molecule has 2 aromatic carbocycles. The summed E-state index contributed by atoms with van der Waals surface area (Å²) in [5, 5.41) is 13.1. The summed E-state index contributed by atoms with van der Waals surface area (Å²) >= 11 is 6.70. The number of nitro groups is 1. The van der Waals surface area contributed by atoms with Gasteiger partial charge in [0.2, 0.25) is 5.91 Å². The van der Waals surface area contributed by atoms with Gasteiger partial charge in [-0.25, -0.2) is 0 Å². The summed E-state index contributed by atoms with van der Waals surface area (Å²) in [7, 11) is 0. The monoisotopic (exact) mass is 390 g/mol. The maximum absolute atomic E-state index is 12.7. The summed E-state index contributed by atoms with van der Waals surface area (Å²) in [6.45, 7) is 0. The molecule has 2 rings (SSSR count). The van der Waals surface area contributed by atoms with Gasteiger partial charge in [0.1, 0.15) is 0 Å². The first-order valence-corrected chi connectivity index (χ1v) is 8.07. The number of rotatable bonds is 5. The van der Waals surface area contributed by atoms with Crippen molar-refractivity contribution in [3.8, 4) is 0 Å². The van der Waals surface area contributed by atoms with Gasteiger partial charge in [-0.3, -0.25) is 14.9 Å². The summed E-state index contributed by atoms with van der Waals surface area (Å²) in [6, 6.07) is 8.42. The van der Waals surface area contributed by atoms with E-state index in [2.05, 4.69) is 5.32 Å². The van der Waals surface area contributed by atoms with E-state index in [1.165, 1.54) is 18.2 Å². The molecule has 0 unspecified atom stereocenters. The lowest BCUT2D eigenvalue weighted by molar-refractivity contribution is -0.387. The Balaban J connectivity index is 2.08. The van der Waals surface area contributed by atoms with Crippen LogP contribution in [0.2, 0.25) is 5.02 Å². The molecule has 0 saturated carbocycles. The smallest absolute Gasteiger partial charge is 0.324 e. The first-order chi connectivity index (χ1) is 11.7. The third-order valence-corrected chi connectivity index (χ3v) is 4.38. The zero-order valence-corrected chi connectivity index (χ0v) is 13.9. The summed E-state index contributed by atoms with van der Waals surface area (Å²) in [4.78, 5) is 22.5. The van der Waals surface area contributed by atoms with E-state index in [1.807, 2.05) is 0 Å². The molecule has 0 aliphatic heterocycles. The molecular weight excluding hydrogens is 381 g/mol. The van der Waals surface area contributed by atoms with Gasteiger partial charge < -0.3 is 5.32 Å². The van der Waals surface area contributed by atoms with Crippen LogP contribution in [0, 0.1) is 10.1 Å². The standard InChI is InChI=1S/C15H10ClF3N2O3S/c16-10-6-5-9(15(17,18)19)7-11(10)20-14(22)8-25-13-4-2-1-3-12(13)21(23)24/h1-7H,8H2,(H,20,22). The number of nitro benzene ring substituents is 1. The van der Waals surface area contributed by atoms with Crippen LogP contribution in [0.4, 0.5) is 24.5 Å². The van der Waals surface area contributed by atoms with Crippen LogP contribution in [0.3, 0.4) is 0 Å². The van der Waals surface area contributed by atoms with Gasteiger partial charge >= 0.3 is 6.18 Å². The van der Waals surface area contributed by atoms with Crippen molar-refractivity contribution < 1.29 is 22.9 Å². The topological polar surface area (TPSA) is 72.2 Å². The number of nitrogens with one attached hydrogen (secondary N) is 1.